The highest BCUT2D eigenvalue weighted by Crippen LogP contribution is 2.26. The normalized spacial score (nSPS) is 12.9. The lowest BCUT2D eigenvalue weighted by Crippen LogP contribution is -2.48. The second kappa shape index (κ2) is 5.39. The zero-order valence-corrected chi connectivity index (χ0v) is 11.6. The summed E-state index contributed by atoms with van der Waals surface area (Å²) < 4.78 is 5.04. The zero-order chi connectivity index (χ0) is 13.9. The van der Waals surface area contributed by atoms with E-state index >= 15 is 0 Å². The number of hydrogen-bond donors (Lipinski definition) is 2. The quantitative estimate of drug-likeness (QED) is 0.878. The van der Waals surface area contributed by atoms with Crippen LogP contribution in [0, 0.1) is 5.41 Å². The zero-order valence-electron chi connectivity index (χ0n) is 10.8. The predicted octanol–water partition coefficient (Wildman–Crippen LogP) is 1.99. The highest BCUT2D eigenvalue weighted by Gasteiger charge is 2.33. The van der Waals surface area contributed by atoms with E-state index in [9.17, 15) is 9.59 Å². The monoisotopic (exact) mass is 271 g/mol. The molecule has 0 aliphatic heterocycles. The van der Waals surface area contributed by atoms with E-state index in [1.54, 1.807) is 32.2 Å². The molecule has 100 valence electrons. The molecule has 1 rings (SSSR count). The van der Waals surface area contributed by atoms with Crippen LogP contribution in [-0.4, -0.2) is 30.1 Å². The number of carboxylic acids is 1. The van der Waals surface area contributed by atoms with Gasteiger partial charge in [-0.3, -0.25) is 4.79 Å². The second-order valence-electron chi connectivity index (χ2n) is 4.93. The summed E-state index contributed by atoms with van der Waals surface area (Å²) in [5.41, 5.74) is -0.564. The third kappa shape index (κ3) is 3.22. The van der Waals surface area contributed by atoms with E-state index in [1.165, 1.54) is 18.4 Å². The molecule has 5 nitrogen and oxygen atoms in total. The Morgan fingerprint density at radius 3 is 2.50 bits per heavy atom. The lowest BCUT2D eigenvalue weighted by molar-refractivity contribution is -0.142. The van der Waals surface area contributed by atoms with Crippen LogP contribution in [0.3, 0.4) is 0 Å². The number of ether oxygens (including phenoxy) is 1. The van der Waals surface area contributed by atoms with E-state index in [-0.39, 0.29) is 0 Å². The molecular weight excluding hydrogens is 254 g/mol. The lowest BCUT2D eigenvalue weighted by Gasteiger charge is -2.27. The molecule has 0 saturated heterocycles. The first-order valence-corrected chi connectivity index (χ1v) is 6.30. The van der Waals surface area contributed by atoms with Crippen molar-refractivity contribution in [2.45, 2.75) is 26.8 Å². The smallest absolute Gasteiger partial charge is 0.326 e. The maximum absolute atomic E-state index is 12.0. The van der Waals surface area contributed by atoms with E-state index in [4.69, 9.17) is 9.84 Å². The molecule has 18 heavy (non-hydrogen) atoms. The minimum absolute atomic E-state index is 0.382. The van der Waals surface area contributed by atoms with E-state index in [2.05, 4.69) is 5.32 Å². The predicted molar refractivity (Wildman–Crippen MR) is 69.2 cm³/mol. The van der Waals surface area contributed by atoms with Crippen LogP contribution in [0.4, 0.5) is 0 Å². The fourth-order valence-corrected chi connectivity index (χ4v) is 2.23. The molecule has 1 aromatic heterocycles. The van der Waals surface area contributed by atoms with Gasteiger partial charge in [-0.25, -0.2) is 4.79 Å². The summed E-state index contributed by atoms with van der Waals surface area (Å²) in [4.78, 5) is 23.5. The largest absolute Gasteiger partial charge is 0.495 e. The van der Waals surface area contributed by atoms with Crippen molar-refractivity contribution in [1.29, 1.82) is 0 Å². The van der Waals surface area contributed by atoms with Crippen molar-refractivity contribution in [3.05, 3.63) is 16.3 Å². The summed E-state index contributed by atoms with van der Waals surface area (Å²) in [6.07, 6.45) is 0. The van der Waals surface area contributed by atoms with Gasteiger partial charge in [0.25, 0.3) is 5.91 Å². The minimum atomic E-state index is -1.05. The standard InChI is InChI=1S/C12H17NO4S/c1-12(2,3)9(11(15)16)13-10(14)8-7(17-4)5-6-18-8/h5-6,9H,1-4H3,(H,13,14)(H,15,16)/t9-/m0/s1. The van der Waals surface area contributed by atoms with E-state index in [0.717, 1.165) is 0 Å². The van der Waals surface area contributed by atoms with Crippen LogP contribution in [0.1, 0.15) is 30.4 Å². The molecule has 0 fully saturated rings. The lowest BCUT2D eigenvalue weighted by atomic mass is 9.87. The van der Waals surface area contributed by atoms with Crippen molar-refractivity contribution in [3.63, 3.8) is 0 Å². The fraction of sp³-hybridized carbons (Fsp3) is 0.500. The van der Waals surface area contributed by atoms with Crippen LogP contribution in [-0.2, 0) is 4.79 Å². The molecule has 6 heteroatoms. The number of rotatable bonds is 4. The maximum atomic E-state index is 12.0. The van der Waals surface area contributed by atoms with Gasteiger partial charge in [-0.1, -0.05) is 20.8 Å². The topological polar surface area (TPSA) is 75.6 Å². The number of hydrogen-bond acceptors (Lipinski definition) is 4. The van der Waals surface area contributed by atoms with Gasteiger partial charge in [0.2, 0.25) is 0 Å². The van der Waals surface area contributed by atoms with Gasteiger partial charge >= 0.3 is 5.97 Å². The first kappa shape index (κ1) is 14.5. The number of methoxy groups -OCH3 is 1. The molecule has 0 bridgehead atoms. The Morgan fingerprint density at radius 1 is 1.44 bits per heavy atom. The summed E-state index contributed by atoms with van der Waals surface area (Å²) >= 11 is 1.22. The van der Waals surface area contributed by atoms with Gasteiger partial charge in [0.15, 0.2) is 0 Å². The average molecular weight is 271 g/mol. The fourth-order valence-electron chi connectivity index (χ4n) is 1.47. The van der Waals surface area contributed by atoms with Gasteiger partial charge in [0.1, 0.15) is 16.7 Å². The van der Waals surface area contributed by atoms with Crippen LogP contribution in [0.2, 0.25) is 0 Å². The molecule has 0 unspecified atom stereocenters. The molecule has 2 N–H and O–H groups in total. The third-order valence-corrected chi connectivity index (χ3v) is 3.34. The molecule has 1 atom stereocenters. The summed E-state index contributed by atoms with van der Waals surface area (Å²) in [6, 6.07) is 0.726. The average Bonchev–Trinajstić information content (AvgIpc) is 2.71. The first-order chi connectivity index (χ1) is 8.27. The van der Waals surface area contributed by atoms with Gasteiger partial charge in [0, 0.05) is 0 Å². The SMILES string of the molecule is COc1ccsc1C(=O)N[C@@H](C(=O)O)C(C)(C)C. The summed E-state index contributed by atoms with van der Waals surface area (Å²) in [5.74, 6) is -1.02. The van der Waals surface area contributed by atoms with Gasteiger partial charge in [-0.15, -0.1) is 11.3 Å². The molecule has 1 aromatic rings. The van der Waals surface area contributed by atoms with Crippen molar-refractivity contribution < 1.29 is 19.4 Å². The summed E-state index contributed by atoms with van der Waals surface area (Å²) in [6.45, 7) is 5.28. The Hall–Kier alpha value is -1.56. The minimum Gasteiger partial charge on any atom is -0.495 e. The molecule has 0 saturated carbocycles. The third-order valence-electron chi connectivity index (χ3n) is 2.44. The van der Waals surface area contributed by atoms with Crippen LogP contribution in [0.5, 0.6) is 5.75 Å². The maximum Gasteiger partial charge on any atom is 0.326 e. The molecule has 0 aromatic carbocycles. The summed E-state index contributed by atoms with van der Waals surface area (Å²) in [7, 11) is 1.47. The van der Waals surface area contributed by atoms with Crippen LogP contribution >= 0.6 is 11.3 Å². The van der Waals surface area contributed by atoms with Gasteiger partial charge < -0.3 is 15.2 Å². The number of carboxylic acid groups (broad SMARTS) is 1. The molecule has 0 spiro atoms. The number of carbonyl (C=O) groups excluding carboxylic acids is 1. The molecule has 0 radical (unpaired) electrons. The molecule has 0 aliphatic rings. The number of thiophene rings is 1. The van der Waals surface area contributed by atoms with Crippen molar-refractivity contribution in [2.24, 2.45) is 5.41 Å². The molecular formula is C12H17NO4S. The van der Waals surface area contributed by atoms with Crippen molar-refractivity contribution >= 4 is 23.2 Å². The Balaban J connectivity index is 2.89. The molecule has 0 aliphatic carbocycles. The van der Waals surface area contributed by atoms with E-state index < -0.39 is 23.3 Å². The second-order valence-corrected chi connectivity index (χ2v) is 5.84. The Bertz CT molecular complexity index is 447. The first-order valence-electron chi connectivity index (χ1n) is 5.42. The number of amides is 1. The van der Waals surface area contributed by atoms with Crippen LogP contribution < -0.4 is 10.1 Å². The Morgan fingerprint density at radius 2 is 2.06 bits per heavy atom. The number of nitrogens with one attached hydrogen (secondary N) is 1. The number of carbonyl (C=O) groups is 2. The number of aliphatic carboxylic acids is 1. The van der Waals surface area contributed by atoms with E-state index in [0.29, 0.717) is 10.6 Å². The molecule has 1 amide bonds. The van der Waals surface area contributed by atoms with Crippen molar-refractivity contribution in [3.8, 4) is 5.75 Å². The summed E-state index contributed by atoms with van der Waals surface area (Å²) in [5, 5.41) is 13.4. The van der Waals surface area contributed by atoms with Crippen molar-refractivity contribution in [2.75, 3.05) is 7.11 Å². The van der Waals surface area contributed by atoms with Crippen LogP contribution in [0.15, 0.2) is 11.4 Å². The van der Waals surface area contributed by atoms with Gasteiger partial charge in [-0.05, 0) is 16.9 Å². The van der Waals surface area contributed by atoms with E-state index in [1.807, 2.05) is 0 Å². The highest BCUT2D eigenvalue weighted by molar-refractivity contribution is 7.12. The van der Waals surface area contributed by atoms with Crippen molar-refractivity contribution in [1.82, 2.24) is 5.32 Å². The Labute approximate surface area is 110 Å². The van der Waals surface area contributed by atoms with Gasteiger partial charge in [-0.2, -0.15) is 0 Å². The van der Waals surface area contributed by atoms with Gasteiger partial charge in [0.05, 0.1) is 7.11 Å². The highest BCUT2D eigenvalue weighted by atomic mass is 32.1. The van der Waals surface area contributed by atoms with Crippen LogP contribution in [0.25, 0.3) is 0 Å². The Kier molecular flexibility index (Phi) is 4.34. The molecule has 1 heterocycles.